The Morgan fingerprint density at radius 3 is 2.29 bits per heavy atom. The van der Waals surface area contributed by atoms with E-state index in [1.54, 1.807) is 4.90 Å². The van der Waals surface area contributed by atoms with Gasteiger partial charge in [0.05, 0.1) is 17.1 Å². The van der Waals surface area contributed by atoms with Crippen LogP contribution in [-0.2, 0) is 4.74 Å². The van der Waals surface area contributed by atoms with Crippen molar-refractivity contribution in [2.24, 2.45) is 11.2 Å². The third-order valence-electron chi connectivity index (χ3n) is 3.10. The van der Waals surface area contributed by atoms with Gasteiger partial charge in [0, 0.05) is 19.0 Å². The molecule has 21 heavy (non-hydrogen) atoms. The van der Waals surface area contributed by atoms with E-state index in [0.717, 1.165) is 0 Å². The smallest absolute Gasteiger partial charge is 0.410 e. The highest BCUT2D eigenvalue weighted by Gasteiger charge is 2.39. The number of hydrogen-bond acceptors (Lipinski definition) is 4. The van der Waals surface area contributed by atoms with Crippen molar-refractivity contribution in [2.75, 3.05) is 19.6 Å². The maximum absolute atomic E-state index is 11.8. The van der Waals surface area contributed by atoms with Gasteiger partial charge in [-0.05, 0) is 41.5 Å². The monoisotopic (exact) mass is 302 g/mol. The molecule has 1 rings (SSSR count). The fourth-order valence-electron chi connectivity index (χ4n) is 2.05. The second-order valence-electron chi connectivity index (χ2n) is 7.35. The molecule has 0 saturated carbocycles. The molecule has 0 aromatic rings. The number of rotatable bonds is 3. The molecule has 122 valence electrons. The summed E-state index contributed by atoms with van der Waals surface area (Å²) >= 11 is 0. The van der Waals surface area contributed by atoms with Crippen LogP contribution < -0.4 is 0 Å². The van der Waals surface area contributed by atoms with Gasteiger partial charge in [-0.2, -0.15) is 0 Å². The quantitative estimate of drug-likeness (QED) is 0.490. The van der Waals surface area contributed by atoms with E-state index < -0.39 is 11.1 Å². The first-order valence-electron chi connectivity index (χ1n) is 7.02. The third-order valence-corrected chi connectivity index (χ3v) is 3.10. The lowest BCUT2D eigenvalue weighted by atomic mass is 9.98. The highest BCUT2D eigenvalue weighted by molar-refractivity contribution is 5.69. The molecule has 1 N–H and O–H groups in total. The molecule has 0 aliphatic carbocycles. The van der Waals surface area contributed by atoms with Crippen LogP contribution in [0.25, 0.3) is 0 Å². The van der Waals surface area contributed by atoms with Crippen molar-refractivity contribution in [2.45, 2.75) is 52.7 Å². The van der Waals surface area contributed by atoms with Gasteiger partial charge in [-0.15, -0.1) is 5.01 Å². The zero-order valence-corrected chi connectivity index (χ0v) is 13.7. The topological polar surface area (TPSA) is 91.4 Å². The van der Waals surface area contributed by atoms with E-state index in [1.807, 2.05) is 41.5 Å². The average molecular weight is 302 g/mol. The maximum atomic E-state index is 11.8. The van der Waals surface area contributed by atoms with Crippen LogP contribution in [0.15, 0.2) is 5.28 Å². The van der Waals surface area contributed by atoms with Crippen molar-refractivity contribution in [3.05, 3.63) is 5.21 Å². The number of nitrogens with zero attached hydrogens (tertiary/aromatic N) is 4. The van der Waals surface area contributed by atoms with Gasteiger partial charge in [0.2, 0.25) is 5.28 Å². The Morgan fingerprint density at radius 1 is 1.38 bits per heavy atom. The average Bonchev–Trinajstić information content (AvgIpc) is 2.21. The molecular weight excluding hydrogens is 276 g/mol. The van der Waals surface area contributed by atoms with Crippen molar-refractivity contribution < 1.29 is 19.7 Å². The Bertz CT molecular complexity index is 405. The zero-order valence-electron chi connectivity index (χ0n) is 13.7. The number of hydrogen-bond donors (Lipinski definition) is 1. The molecule has 0 bridgehead atoms. The van der Waals surface area contributed by atoms with Gasteiger partial charge in [-0.1, -0.05) is 0 Å². The summed E-state index contributed by atoms with van der Waals surface area (Å²) in [5.41, 5.74) is -0.985. The van der Waals surface area contributed by atoms with Gasteiger partial charge in [0.15, 0.2) is 0 Å². The molecule has 0 aromatic heterocycles. The standard InChI is InChI=1S/C13H26N4O4/c1-12(2,3)16(17(20)14-19)9-10-7-15(8-10)11(18)21-13(4,5)6/h10,19H,7-9H2,1-6H3. The molecule has 0 radical (unpaired) electrons. The SMILES string of the molecule is CC(C)(C)OC(=O)N1CC(CN([N+]([O-])=NO)C(C)(C)C)C1. The molecule has 0 atom stereocenters. The van der Waals surface area contributed by atoms with Crippen LogP contribution in [-0.4, -0.2) is 57.0 Å². The van der Waals surface area contributed by atoms with Crippen molar-refractivity contribution >= 4 is 6.09 Å². The van der Waals surface area contributed by atoms with E-state index in [4.69, 9.17) is 9.94 Å². The summed E-state index contributed by atoms with van der Waals surface area (Å²) in [4.78, 5) is 13.6. The minimum atomic E-state index is -0.513. The molecule has 0 unspecified atom stereocenters. The minimum absolute atomic E-state index is 0.148. The van der Waals surface area contributed by atoms with Gasteiger partial charge in [0.25, 0.3) is 0 Å². The lowest BCUT2D eigenvalue weighted by molar-refractivity contribution is -0.725. The normalized spacial score (nSPS) is 17.4. The van der Waals surface area contributed by atoms with Gasteiger partial charge >= 0.3 is 6.09 Å². The fraction of sp³-hybridized carbons (Fsp3) is 0.923. The molecule has 8 nitrogen and oxygen atoms in total. The van der Waals surface area contributed by atoms with Crippen LogP contribution in [0.2, 0.25) is 0 Å². The van der Waals surface area contributed by atoms with Crippen LogP contribution >= 0.6 is 0 Å². The lowest BCUT2D eigenvalue weighted by Gasteiger charge is -2.42. The van der Waals surface area contributed by atoms with Gasteiger partial charge in [0.1, 0.15) is 5.60 Å². The number of carbonyl (C=O) groups excluding carboxylic acids is 1. The summed E-state index contributed by atoms with van der Waals surface area (Å²) in [5, 5.41) is 24.3. The molecule has 1 amide bonds. The highest BCUT2D eigenvalue weighted by Crippen LogP contribution is 2.23. The largest absolute Gasteiger partial charge is 0.569 e. The fourth-order valence-corrected chi connectivity index (χ4v) is 2.05. The van der Waals surface area contributed by atoms with Crippen LogP contribution in [0.1, 0.15) is 41.5 Å². The summed E-state index contributed by atoms with van der Waals surface area (Å²) < 4.78 is 5.27. The summed E-state index contributed by atoms with van der Waals surface area (Å²) in [6.45, 7) is 12.5. The van der Waals surface area contributed by atoms with E-state index in [2.05, 4.69) is 5.28 Å². The predicted molar refractivity (Wildman–Crippen MR) is 75.6 cm³/mol. The number of ether oxygens (including phenoxy) is 1. The van der Waals surface area contributed by atoms with Crippen LogP contribution in [0, 0.1) is 11.1 Å². The predicted octanol–water partition coefficient (Wildman–Crippen LogP) is 2.22. The van der Waals surface area contributed by atoms with Crippen LogP contribution in [0.5, 0.6) is 0 Å². The second-order valence-corrected chi connectivity index (χ2v) is 7.35. The second kappa shape index (κ2) is 5.95. The Hall–Kier alpha value is -1.73. The summed E-state index contributed by atoms with van der Waals surface area (Å²) in [6.07, 6.45) is -0.341. The number of likely N-dealkylation sites (tertiary alicyclic amines) is 1. The summed E-state index contributed by atoms with van der Waals surface area (Å²) in [7, 11) is 0. The molecule has 1 fully saturated rings. The summed E-state index contributed by atoms with van der Waals surface area (Å²) in [6, 6.07) is 0. The van der Waals surface area contributed by atoms with Crippen LogP contribution in [0.3, 0.4) is 0 Å². The highest BCUT2D eigenvalue weighted by atomic mass is 16.6. The minimum Gasteiger partial charge on any atom is -0.569 e. The van der Waals surface area contributed by atoms with Crippen LogP contribution in [0.4, 0.5) is 4.79 Å². The van der Waals surface area contributed by atoms with Crippen molar-refractivity contribution in [1.29, 1.82) is 0 Å². The molecule has 1 saturated heterocycles. The van der Waals surface area contributed by atoms with E-state index in [-0.39, 0.29) is 17.0 Å². The Kier molecular flexibility index (Phi) is 4.91. The van der Waals surface area contributed by atoms with E-state index >= 15 is 0 Å². The first-order chi connectivity index (χ1) is 9.44. The molecular formula is C13H26N4O4. The number of amides is 1. The Balaban J connectivity index is 2.52. The van der Waals surface area contributed by atoms with E-state index in [0.29, 0.717) is 19.6 Å². The lowest BCUT2D eigenvalue weighted by Crippen LogP contribution is -2.58. The van der Waals surface area contributed by atoms with Crippen molar-refractivity contribution in [3.63, 3.8) is 0 Å². The molecule has 0 aromatic carbocycles. The number of carbonyl (C=O) groups is 1. The Morgan fingerprint density at radius 2 is 1.90 bits per heavy atom. The molecule has 0 spiro atoms. The maximum Gasteiger partial charge on any atom is 0.410 e. The van der Waals surface area contributed by atoms with Gasteiger partial charge < -0.3 is 20.1 Å². The zero-order chi connectivity index (χ0) is 16.4. The molecule has 8 heteroatoms. The Labute approximate surface area is 125 Å². The molecule has 1 aliphatic rings. The van der Waals surface area contributed by atoms with E-state index in [9.17, 15) is 10.0 Å². The van der Waals surface area contributed by atoms with Gasteiger partial charge in [-0.3, -0.25) is 0 Å². The van der Waals surface area contributed by atoms with Crippen molar-refractivity contribution in [1.82, 2.24) is 9.91 Å². The van der Waals surface area contributed by atoms with Crippen molar-refractivity contribution in [3.8, 4) is 0 Å². The van der Waals surface area contributed by atoms with Gasteiger partial charge in [-0.25, -0.2) is 4.79 Å². The first kappa shape index (κ1) is 17.3. The summed E-state index contributed by atoms with van der Waals surface area (Å²) in [5.74, 6) is 0.148. The van der Waals surface area contributed by atoms with E-state index in [1.165, 1.54) is 5.01 Å². The first-order valence-corrected chi connectivity index (χ1v) is 7.02. The number of hydrazine groups is 1. The third kappa shape index (κ3) is 4.95. The molecule has 1 heterocycles. The molecule has 1 aliphatic heterocycles.